The van der Waals surface area contributed by atoms with Crippen LogP contribution < -0.4 is 4.74 Å². The number of pyridine rings is 1. The summed E-state index contributed by atoms with van der Waals surface area (Å²) in [5.74, 6) is 0.585. The number of methoxy groups -OCH3 is 1. The number of aryl methyl sites for hydroxylation is 1. The van der Waals surface area contributed by atoms with Crippen molar-refractivity contribution in [3.05, 3.63) is 47.7 Å². The van der Waals surface area contributed by atoms with Gasteiger partial charge in [-0.15, -0.1) is 0 Å². The summed E-state index contributed by atoms with van der Waals surface area (Å²) in [5, 5.41) is 0. The zero-order chi connectivity index (χ0) is 12.3. The molecule has 0 amide bonds. The van der Waals surface area contributed by atoms with Crippen LogP contribution in [0.25, 0.3) is 11.1 Å². The predicted octanol–water partition coefficient (Wildman–Crippen LogP) is 2.88. The highest BCUT2D eigenvalue weighted by Crippen LogP contribution is 2.25. The van der Waals surface area contributed by atoms with Crippen molar-refractivity contribution in [2.75, 3.05) is 7.11 Å². The zero-order valence-corrected chi connectivity index (χ0v) is 9.81. The molecule has 0 bridgehead atoms. The summed E-state index contributed by atoms with van der Waals surface area (Å²) in [7, 11) is 1.59. The Balaban J connectivity index is 2.48. The summed E-state index contributed by atoms with van der Waals surface area (Å²) < 4.78 is 5.09. The quantitative estimate of drug-likeness (QED) is 0.757. The van der Waals surface area contributed by atoms with E-state index in [0.717, 1.165) is 23.0 Å². The van der Waals surface area contributed by atoms with Gasteiger partial charge >= 0.3 is 0 Å². The number of carbonyl (C=O) groups excluding carboxylic acids is 1. The number of benzene rings is 1. The molecule has 0 fully saturated rings. The highest BCUT2D eigenvalue weighted by atomic mass is 16.5. The second-order valence-electron chi connectivity index (χ2n) is 3.78. The van der Waals surface area contributed by atoms with E-state index in [2.05, 4.69) is 4.98 Å². The van der Waals surface area contributed by atoms with Crippen molar-refractivity contribution in [2.24, 2.45) is 0 Å². The van der Waals surface area contributed by atoms with E-state index >= 15 is 0 Å². The smallest absolute Gasteiger partial charge is 0.213 e. The predicted molar refractivity (Wildman–Crippen MR) is 66.3 cm³/mol. The SMILES string of the molecule is COc1cc(-c2ccc(C=O)cc2C)ccn1. The molecule has 1 aromatic carbocycles. The van der Waals surface area contributed by atoms with E-state index < -0.39 is 0 Å². The van der Waals surface area contributed by atoms with E-state index in [1.807, 2.05) is 37.3 Å². The van der Waals surface area contributed by atoms with E-state index in [-0.39, 0.29) is 0 Å². The molecule has 0 saturated carbocycles. The third-order valence-corrected chi connectivity index (χ3v) is 2.64. The number of aromatic nitrogens is 1. The molecule has 0 aliphatic rings. The van der Waals surface area contributed by atoms with E-state index in [9.17, 15) is 4.79 Å². The lowest BCUT2D eigenvalue weighted by atomic mass is 9.99. The first-order valence-corrected chi connectivity index (χ1v) is 5.31. The maximum Gasteiger partial charge on any atom is 0.213 e. The third kappa shape index (κ3) is 2.33. The highest BCUT2D eigenvalue weighted by Gasteiger charge is 2.04. The van der Waals surface area contributed by atoms with Gasteiger partial charge in [-0.3, -0.25) is 4.79 Å². The molecular formula is C14H13NO2. The summed E-state index contributed by atoms with van der Waals surface area (Å²) >= 11 is 0. The Bertz CT molecular complexity index is 550. The molecule has 0 N–H and O–H groups in total. The van der Waals surface area contributed by atoms with Crippen molar-refractivity contribution in [1.29, 1.82) is 0 Å². The van der Waals surface area contributed by atoms with Gasteiger partial charge in [0.2, 0.25) is 5.88 Å². The summed E-state index contributed by atoms with van der Waals surface area (Å²) in [6.45, 7) is 1.98. The molecule has 0 radical (unpaired) electrons. The van der Waals surface area contributed by atoms with Crippen LogP contribution in [0.15, 0.2) is 36.5 Å². The number of nitrogens with zero attached hydrogens (tertiary/aromatic N) is 1. The van der Waals surface area contributed by atoms with Crippen molar-refractivity contribution in [2.45, 2.75) is 6.92 Å². The number of carbonyl (C=O) groups is 1. The van der Waals surface area contributed by atoms with E-state index in [1.165, 1.54) is 0 Å². The van der Waals surface area contributed by atoms with Crippen LogP contribution in [-0.2, 0) is 0 Å². The standard InChI is InChI=1S/C14H13NO2/c1-10-7-11(9-16)3-4-13(10)12-5-6-15-14(8-12)17-2/h3-9H,1-2H3. The molecule has 0 saturated heterocycles. The van der Waals surface area contributed by atoms with Crippen LogP contribution in [0.3, 0.4) is 0 Å². The third-order valence-electron chi connectivity index (χ3n) is 2.64. The maximum atomic E-state index is 10.7. The van der Waals surface area contributed by atoms with Gasteiger partial charge in [0.15, 0.2) is 0 Å². The van der Waals surface area contributed by atoms with Crippen molar-refractivity contribution in [1.82, 2.24) is 4.98 Å². The van der Waals surface area contributed by atoms with Crippen LogP contribution in [-0.4, -0.2) is 18.4 Å². The first-order chi connectivity index (χ1) is 8.24. The maximum absolute atomic E-state index is 10.7. The lowest BCUT2D eigenvalue weighted by Gasteiger charge is -2.07. The second-order valence-corrected chi connectivity index (χ2v) is 3.78. The number of ether oxygens (including phenoxy) is 1. The van der Waals surface area contributed by atoms with Gasteiger partial charge in [0.05, 0.1) is 7.11 Å². The fourth-order valence-corrected chi connectivity index (χ4v) is 1.77. The van der Waals surface area contributed by atoms with Gasteiger partial charge in [0, 0.05) is 17.8 Å². The molecule has 0 unspecified atom stereocenters. The first-order valence-electron chi connectivity index (χ1n) is 5.31. The Kier molecular flexibility index (Phi) is 3.19. The van der Waals surface area contributed by atoms with Gasteiger partial charge in [-0.1, -0.05) is 12.1 Å². The zero-order valence-electron chi connectivity index (χ0n) is 9.81. The number of aldehydes is 1. The van der Waals surface area contributed by atoms with Crippen molar-refractivity contribution >= 4 is 6.29 Å². The van der Waals surface area contributed by atoms with Crippen LogP contribution in [0.2, 0.25) is 0 Å². The van der Waals surface area contributed by atoms with E-state index in [0.29, 0.717) is 11.4 Å². The minimum absolute atomic E-state index is 0.585. The Morgan fingerprint density at radius 1 is 1.24 bits per heavy atom. The van der Waals surface area contributed by atoms with Crippen LogP contribution >= 0.6 is 0 Å². The summed E-state index contributed by atoms with van der Waals surface area (Å²) in [5.41, 5.74) is 3.86. The van der Waals surface area contributed by atoms with E-state index in [4.69, 9.17) is 4.74 Å². The van der Waals surface area contributed by atoms with Gasteiger partial charge in [0.25, 0.3) is 0 Å². The van der Waals surface area contributed by atoms with Crippen LogP contribution in [0.1, 0.15) is 15.9 Å². The second kappa shape index (κ2) is 4.78. The summed E-state index contributed by atoms with van der Waals surface area (Å²) in [4.78, 5) is 14.7. The van der Waals surface area contributed by atoms with Crippen molar-refractivity contribution in [3.8, 4) is 17.0 Å². The first kappa shape index (κ1) is 11.3. The fraction of sp³-hybridized carbons (Fsp3) is 0.143. The number of hydrogen-bond donors (Lipinski definition) is 0. The molecule has 0 atom stereocenters. The Labute approximate surface area is 100 Å². The highest BCUT2D eigenvalue weighted by molar-refractivity contribution is 5.78. The van der Waals surface area contributed by atoms with Crippen molar-refractivity contribution in [3.63, 3.8) is 0 Å². The van der Waals surface area contributed by atoms with Crippen LogP contribution in [0.5, 0.6) is 5.88 Å². The van der Waals surface area contributed by atoms with Gasteiger partial charge < -0.3 is 4.74 Å². The van der Waals surface area contributed by atoms with Gasteiger partial charge in [0.1, 0.15) is 6.29 Å². The number of rotatable bonds is 3. The Morgan fingerprint density at radius 2 is 2.06 bits per heavy atom. The average Bonchev–Trinajstić information content (AvgIpc) is 2.38. The van der Waals surface area contributed by atoms with Gasteiger partial charge in [-0.05, 0) is 35.7 Å². The molecule has 3 heteroatoms. The molecule has 2 aromatic rings. The molecule has 17 heavy (non-hydrogen) atoms. The fourth-order valence-electron chi connectivity index (χ4n) is 1.77. The normalized spacial score (nSPS) is 10.0. The molecule has 2 rings (SSSR count). The van der Waals surface area contributed by atoms with E-state index in [1.54, 1.807) is 13.3 Å². The molecule has 1 aromatic heterocycles. The molecule has 0 aliphatic heterocycles. The van der Waals surface area contributed by atoms with Gasteiger partial charge in [-0.25, -0.2) is 4.98 Å². The lowest BCUT2D eigenvalue weighted by Crippen LogP contribution is -1.90. The Morgan fingerprint density at radius 3 is 2.71 bits per heavy atom. The molecule has 1 heterocycles. The summed E-state index contributed by atoms with van der Waals surface area (Å²) in [6, 6.07) is 9.42. The van der Waals surface area contributed by atoms with Gasteiger partial charge in [-0.2, -0.15) is 0 Å². The minimum Gasteiger partial charge on any atom is -0.481 e. The molecule has 0 spiro atoms. The van der Waals surface area contributed by atoms with Crippen LogP contribution in [0.4, 0.5) is 0 Å². The topological polar surface area (TPSA) is 39.2 Å². The lowest BCUT2D eigenvalue weighted by molar-refractivity contribution is 0.112. The van der Waals surface area contributed by atoms with Crippen LogP contribution in [0, 0.1) is 6.92 Å². The molecular weight excluding hydrogens is 214 g/mol. The largest absolute Gasteiger partial charge is 0.481 e. The molecule has 3 nitrogen and oxygen atoms in total. The minimum atomic E-state index is 0.585. The molecule has 86 valence electrons. The molecule has 0 aliphatic carbocycles. The number of hydrogen-bond acceptors (Lipinski definition) is 3. The van der Waals surface area contributed by atoms with Crippen molar-refractivity contribution < 1.29 is 9.53 Å². The average molecular weight is 227 g/mol. The Hall–Kier alpha value is -2.16. The monoisotopic (exact) mass is 227 g/mol. The summed E-state index contributed by atoms with van der Waals surface area (Å²) in [6.07, 6.45) is 2.56.